The van der Waals surface area contributed by atoms with Crippen molar-refractivity contribution in [2.24, 2.45) is 0 Å². The van der Waals surface area contributed by atoms with Gasteiger partial charge in [-0.1, -0.05) is 29.8 Å². The third kappa shape index (κ3) is 4.91. The summed E-state index contributed by atoms with van der Waals surface area (Å²) in [4.78, 5) is 14.2. The zero-order valence-electron chi connectivity index (χ0n) is 11.5. The number of nitrogens with zero attached hydrogens (tertiary/aromatic N) is 1. The molecule has 0 bridgehead atoms. The van der Waals surface area contributed by atoms with Gasteiger partial charge in [-0.15, -0.1) is 0 Å². The zero-order chi connectivity index (χ0) is 14.4. The van der Waals surface area contributed by atoms with Crippen molar-refractivity contribution in [2.45, 2.75) is 26.8 Å². The van der Waals surface area contributed by atoms with Crippen LogP contribution >= 0.6 is 15.9 Å². The number of carbonyl (C=O) groups is 1. The van der Waals surface area contributed by atoms with Crippen LogP contribution in [0.3, 0.4) is 0 Å². The molecule has 1 amide bonds. The second-order valence-electron chi connectivity index (χ2n) is 4.44. The summed E-state index contributed by atoms with van der Waals surface area (Å²) in [7, 11) is 0. The Labute approximate surface area is 122 Å². The van der Waals surface area contributed by atoms with Crippen LogP contribution in [0.1, 0.15) is 31.1 Å². The molecule has 0 saturated carbocycles. The summed E-state index contributed by atoms with van der Waals surface area (Å²) in [6.07, 6.45) is 0. The highest BCUT2D eigenvalue weighted by molar-refractivity contribution is 9.10. The monoisotopic (exact) mass is 330 g/mol. The van der Waals surface area contributed by atoms with Gasteiger partial charge in [-0.2, -0.15) is 0 Å². The molecule has 1 unspecified atom stereocenters. The maximum atomic E-state index is 13.2. The predicted molar refractivity (Wildman–Crippen MR) is 78.8 cm³/mol. The molecule has 1 aromatic rings. The first-order valence-electron chi connectivity index (χ1n) is 6.46. The normalized spacial score (nSPS) is 12.5. The topological polar surface area (TPSA) is 32.3 Å². The quantitative estimate of drug-likeness (QED) is 0.869. The summed E-state index contributed by atoms with van der Waals surface area (Å²) in [5.41, 5.74) is 0.332. The van der Waals surface area contributed by atoms with Crippen molar-refractivity contribution < 1.29 is 9.18 Å². The number of likely N-dealkylation sites (N-methyl/N-ethyl adjacent to an activating group) is 1. The molecule has 1 aromatic carbocycles. The van der Waals surface area contributed by atoms with Crippen LogP contribution in [0.25, 0.3) is 0 Å². The average molecular weight is 331 g/mol. The van der Waals surface area contributed by atoms with Crippen molar-refractivity contribution in [2.75, 3.05) is 19.6 Å². The Bertz CT molecular complexity index is 415. The van der Waals surface area contributed by atoms with Crippen molar-refractivity contribution in [3.63, 3.8) is 0 Å². The first-order chi connectivity index (χ1) is 8.97. The van der Waals surface area contributed by atoms with Gasteiger partial charge in [0.05, 0.1) is 0 Å². The van der Waals surface area contributed by atoms with E-state index in [2.05, 4.69) is 46.9 Å². The fourth-order valence-electron chi connectivity index (χ4n) is 2.00. The van der Waals surface area contributed by atoms with Crippen LogP contribution in [-0.2, 0) is 0 Å². The molecule has 1 N–H and O–H groups in total. The van der Waals surface area contributed by atoms with Gasteiger partial charge in [0.2, 0.25) is 0 Å². The lowest BCUT2D eigenvalue weighted by Crippen LogP contribution is -2.42. The van der Waals surface area contributed by atoms with E-state index in [-0.39, 0.29) is 11.9 Å². The van der Waals surface area contributed by atoms with Gasteiger partial charge in [0, 0.05) is 22.6 Å². The molecular weight excluding hydrogens is 311 g/mol. The maximum Gasteiger partial charge on any atom is 0.251 e. The van der Waals surface area contributed by atoms with E-state index in [4.69, 9.17) is 0 Å². The summed E-state index contributed by atoms with van der Waals surface area (Å²) >= 11 is 3.18. The minimum Gasteiger partial charge on any atom is -0.350 e. The largest absolute Gasteiger partial charge is 0.350 e. The van der Waals surface area contributed by atoms with E-state index in [9.17, 15) is 9.18 Å². The van der Waals surface area contributed by atoms with Crippen LogP contribution in [0.5, 0.6) is 0 Å². The first-order valence-corrected chi connectivity index (χ1v) is 7.25. The molecule has 0 aliphatic carbocycles. The van der Waals surface area contributed by atoms with Crippen LogP contribution in [0.4, 0.5) is 4.39 Å². The number of halogens is 2. The molecule has 0 aromatic heterocycles. The summed E-state index contributed by atoms with van der Waals surface area (Å²) in [6.45, 7) is 8.68. The van der Waals surface area contributed by atoms with Crippen molar-refractivity contribution in [1.29, 1.82) is 0 Å². The number of amides is 1. The Hall–Kier alpha value is -0.940. The van der Waals surface area contributed by atoms with Gasteiger partial charge in [-0.05, 0) is 38.2 Å². The van der Waals surface area contributed by atoms with Gasteiger partial charge in [0.15, 0.2) is 0 Å². The van der Waals surface area contributed by atoms with Crippen molar-refractivity contribution in [3.8, 4) is 0 Å². The van der Waals surface area contributed by atoms with E-state index >= 15 is 0 Å². The van der Waals surface area contributed by atoms with Gasteiger partial charge in [-0.25, -0.2) is 4.39 Å². The van der Waals surface area contributed by atoms with E-state index in [0.717, 1.165) is 13.1 Å². The molecule has 0 saturated heterocycles. The summed E-state index contributed by atoms with van der Waals surface area (Å²) in [5.74, 6) is -0.671. The standard InChI is InChI=1S/C14H20BrFN2O/c1-4-18(5-2)10(3)9-17-14(19)11-6-12(15)8-13(16)7-11/h6-8,10H,4-5,9H2,1-3H3,(H,17,19). The SMILES string of the molecule is CCN(CC)C(C)CNC(=O)c1cc(F)cc(Br)c1. The number of hydrogen-bond donors (Lipinski definition) is 1. The molecule has 1 rings (SSSR count). The Morgan fingerprint density at radius 2 is 2.00 bits per heavy atom. The third-order valence-corrected chi connectivity index (χ3v) is 3.58. The minimum atomic E-state index is -0.420. The maximum absolute atomic E-state index is 13.2. The van der Waals surface area contributed by atoms with Gasteiger partial charge in [0.1, 0.15) is 5.82 Å². The molecule has 0 aliphatic heterocycles. The molecule has 5 heteroatoms. The molecule has 0 spiro atoms. The Morgan fingerprint density at radius 3 is 2.53 bits per heavy atom. The highest BCUT2D eigenvalue weighted by atomic mass is 79.9. The lowest BCUT2D eigenvalue weighted by Gasteiger charge is -2.26. The molecule has 19 heavy (non-hydrogen) atoms. The number of carbonyl (C=O) groups excluding carboxylic acids is 1. The summed E-state index contributed by atoms with van der Waals surface area (Å²) in [5, 5.41) is 2.83. The van der Waals surface area contributed by atoms with Gasteiger partial charge < -0.3 is 5.32 Å². The highest BCUT2D eigenvalue weighted by Crippen LogP contribution is 2.14. The van der Waals surface area contributed by atoms with E-state index in [1.165, 1.54) is 12.1 Å². The average Bonchev–Trinajstić information content (AvgIpc) is 2.36. The van der Waals surface area contributed by atoms with E-state index in [1.807, 2.05) is 0 Å². The van der Waals surface area contributed by atoms with E-state index < -0.39 is 5.82 Å². The number of benzene rings is 1. The predicted octanol–water partition coefficient (Wildman–Crippen LogP) is 3.05. The van der Waals surface area contributed by atoms with Crippen LogP contribution in [0.2, 0.25) is 0 Å². The Balaban J connectivity index is 2.60. The smallest absolute Gasteiger partial charge is 0.251 e. The van der Waals surface area contributed by atoms with E-state index in [0.29, 0.717) is 16.6 Å². The molecule has 0 radical (unpaired) electrons. The lowest BCUT2D eigenvalue weighted by molar-refractivity contribution is 0.0937. The Morgan fingerprint density at radius 1 is 1.37 bits per heavy atom. The van der Waals surface area contributed by atoms with Crippen LogP contribution in [0.15, 0.2) is 22.7 Å². The van der Waals surface area contributed by atoms with Gasteiger partial charge in [0.25, 0.3) is 5.91 Å². The number of rotatable bonds is 6. The molecule has 1 atom stereocenters. The number of hydrogen-bond acceptors (Lipinski definition) is 2. The fraction of sp³-hybridized carbons (Fsp3) is 0.500. The molecule has 0 aliphatic rings. The van der Waals surface area contributed by atoms with Crippen molar-refractivity contribution in [3.05, 3.63) is 34.1 Å². The summed E-state index contributed by atoms with van der Waals surface area (Å²) in [6, 6.07) is 4.44. The van der Waals surface area contributed by atoms with Crippen LogP contribution in [0, 0.1) is 5.82 Å². The molecular formula is C14H20BrFN2O. The fourth-order valence-corrected chi connectivity index (χ4v) is 2.47. The Kier molecular flexibility index (Phi) is 6.45. The van der Waals surface area contributed by atoms with Gasteiger partial charge >= 0.3 is 0 Å². The van der Waals surface area contributed by atoms with Crippen LogP contribution < -0.4 is 5.32 Å². The zero-order valence-corrected chi connectivity index (χ0v) is 13.1. The second kappa shape index (κ2) is 7.60. The number of nitrogens with one attached hydrogen (secondary N) is 1. The van der Waals surface area contributed by atoms with E-state index in [1.54, 1.807) is 6.07 Å². The summed E-state index contributed by atoms with van der Waals surface area (Å²) < 4.78 is 13.8. The van der Waals surface area contributed by atoms with Crippen LogP contribution in [-0.4, -0.2) is 36.5 Å². The second-order valence-corrected chi connectivity index (χ2v) is 5.35. The lowest BCUT2D eigenvalue weighted by atomic mass is 10.2. The third-order valence-electron chi connectivity index (χ3n) is 3.12. The van der Waals surface area contributed by atoms with Gasteiger partial charge in [-0.3, -0.25) is 9.69 Å². The first kappa shape index (κ1) is 16.1. The molecule has 106 valence electrons. The minimum absolute atomic E-state index is 0.251. The molecule has 0 fully saturated rings. The van der Waals surface area contributed by atoms with Crippen molar-refractivity contribution >= 4 is 21.8 Å². The molecule has 3 nitrogen and oxygen atoms in total. The molecule has 0 heterocycles. The van der Waals surface area contributed by atoms with Crippen molar-refractivity contribution in [1.82, 2.24) is 10.2 Å². The highest BCUT2D eigenvalue weighted by Gasteiger charge is 2.13.